The van der Waals surface area contributed by atoms with Crippen LogP contribution in [0.25, 0.3) is 28.5 Å². The summed E-state index contributed by atoms with van der Waals surface area (Å²) in [4.78, 5) is 4.54. The molecule has 4 aromatic rings. The molecule has 0 fully saturated rings. The summed E-state index contributed by atoms with van der Waals surface area (Å²) in [5.41, 5.74) is 2.08. The Bertz CT molecular complexity index is 1200. The van der Waals surface area contributed by atoms with Crippen molar-refractivity contribution in [1.29, 1.82) is 0 Å². The molecule has 27 heavy (non-hydrogen) atoms. The number of nitrogens with zero attached hydrogens (tertiary/aromatic N) is 4. The molecule has 0 aliphatic heterocycles. The molecule has 2 aromatic heterocycles. The van der Waals surface area contributed by atoms with E-state index in [2.05, 4.69) is 25.4 Å². The third kappa shape index (κ3) is 3.32. The second-order valence-corrected chi connectivity index (χ2v) is 6.29. The lowest BCUT2D eigenvalue weighted by Gasteiger charge is -2.10. The largest absolute Gasteiger partial charge is 0.274 e. The van der Waals surface area contributed by atoms with Crippen LogP contribution in [0.15, 0.2) is 48.5 Å². The minimum Gasteiger partial charge on any atom is -0.274 e. The molecular formula is C17H10F2N6S2. The topological polar surface area (TPSA) is 75.2 Å². The first-order valence-corrected chi connectivity index (χ1v) is 8.51. The van der Waals surface area contributed by atoms with Crippen molar-refractivity contribution in [1.82, 2.24) is 29.9 Å². The van der Waals surface area contributed by atoms with E-state index in [1.54, 1.807) is 24.3 Å². The molecule has 0 bridgehead atoms. The summed E-state index contributed by atoms with van der Waals surface area (Å²) in [5, 5.41) is 13.8. The molecular weight excluding hydrogens is 390 g/mol. The van der Waals surface area contributed by atoms with Gasteiger partial charge in [0.15, 0.2) is 0 Å². The minimum absolute atomic E-state index is 0.160. The van der Waals surface area contributed by atoms with Crippen LogP contribution in [0.3, 0.4) is 0 Å². The summed E-state index contributed by atoms with van der Waals surface area (Å²) in [7, 11) is 0. The van der Waals surface area contributed by atoms with Crippen LogP contribution in [0.4, 0.5) is 8.78 Å². The summed E-state index contributed by atoms with van der Waals surface area (Å²) >= 11 is 10.4. The van der Waals surface area contributed by atoms with Gasteiger partial charge in [0.2, 0.25) is 9.54 Å². The van der Waals surface area contributed by atoms with Gasteiger partial charge in [-0.3, -0.25) is 10.2 Å². The van der Waals surface area contributed by atoms with E-state index in [4.69, 9.17) is 24.4 Å². The monoisotopic (exact) mass is 400 g/mol. The fourth-order valence-electron chi connectivity index (χ4n) is 2.52. The molecule has 2 N–H and O–H groups in total. The maximum absolute atomic E-state index is 13.3. The number of nitrogens with one attached hydrogen (secondary N) is 2. The van der Waals surface area contributed by atoms with Crippen molar-refractivity contribution in [2.45, 2.75) is 0 Å². The van der Waals surface area contributed by atoms with Crippen LogP contribution in [0.1, 0.15) is 0 Å². The number of hydrogen-bond acceptors (Lipinski definition) is 5. The highest BCUT2D eigenvalue weighted by Crippen LogP contribution is 2.29. The first kappa shape index (κ1) is 17.3. The first-order chi connectivity index (χ1) is 13.0. The quantitative estimate of drug-likeness (QED) is 0.499. The average molecular weight is 400 g/mol. The smallest absolute Gasteiger partial charge is 0.258 e. The predicted octanol–water partition coefficient (Wildman–Crippen LogP) is 4.39. The number of halogens is 2. The Kier molecular flexibility index (Phi) is 4.42. The first-order valence-electron chi connectivity index (χ1n) is 7.69. The Morgan fingerprint density at radius 1 is 0.704 bits per heavy atom. The molecule has 0 saturated carbocycles. The Labute approximate surface area is 161 Å². The van der Waals surface area contributed by atoms with E-state index in [1.807, 2.05) is 0 Å². The van der Waals surface area contributed by atoms with Crippen molar-refractivity contribution in [3.05, 3.63) is 69.7 Å². The zero-order chi connectivity index (χ0) is 19.0. The van der Waals surface area contributed by atoms with Crippen LogP contribution >= 0.6 is 24.4 Å². The van der Waals surface area contributed by atoms with Gasteiger partial charge in [0.1, 0.15) is 23.0 Å². The number of hydrogen-bond donors (Lipinski definition) is 2. The Morgan fingerprint density at radius 3 is 1.70 bits per heavy atom. The minimum atomic E-state index is -0.375. The molecule has 0 aliphatic carbocycles. The van der Waals surface area contributed by atoms with E-state index in [0.717, 1.165) is 0 Å². The van der Waals surface area contributed by atoms with Gasteiger partial charge in [-0.1, -0.05) is 0 Å². The van der Waals surface area contributed by atoms with Crippen molar-refractivity contribution < 1.29 is 8.78 Å². The van der Waals surface area contributed by atoms with E-state index in [-0.39, 0.29) is 27.1 Å². The van der Waals surface area contributed by atoms with Gasteiger partial charge in [-0.15, -0.1) is 10.2 Å². The second-order valence-electron chi connectivity index (χ2n) is 5.52. The van der Waals surface area contributed by atoms with Crippen LogP contribution in [0.5, 0.6) is 0 Å². The van der Waals surface area contributed by atoms with E-state index in [0.29, 0.717) is 22.5 Å². The molecule has 0 atom stereocenters. The number of H-pyrrole nitrogens is 2. The molecule has 2 aromatic carbocycles. The van der Waals surface area contributed by atoms with E-state index < -0.39 is 0 Å². The lowest BCUT2D eigenvalue weighted by molar-refractivity contribution is 0.627. The summed E-state index contributed by atoms with van der Waals surface area (Å²) in [5.74, 6) is -0.586. The van der Waals surface area contributed by atoms with E-state index >= 15 is 0 Å². The van der Waals surface area contributed by atoms with E-state index in [1.165, 1.54) is 28.8 Å². The van der Waals surface area contributed by atoms with Gasteiger partial charge in [0, 0.05) is 11.1 Å². The van der Waals surface area contributed by atoms with Crippen molar-refractivity contribution in [3.8, 4) is 28.5 Å². The van der Waals surface area contributed by atoms with Crippen molar-refractivity contribution >= 4 is 24.4 Å². The van der Waals surface area contributed by atoms with Gasteiger partial charge in [0.25, 0.3) is 5.95 Å². The lowest BCUT2D eigenvalue weighted by Crippen LogP contribution is -2.06. The van der Waals surface area contributed by atoms with Gasteiger partial charge < -0.3 is 0 Å². The lowest BCUT2D eigenvalue weighted by atomic mass is 10.0. The fraction of sp³-hybridized carbons (Fsp3) is 0. The van der Waals surface area contributed by atoms with Crippen LogP contribution in [-0.4, -0.2) is 29.9 Å². The molecule has 4 rings (SSSR count). The molecule has 0 radical (unpaired) electrons. The van der Waals surface area contributed by atoms with Crippen molar-refractivity contribution in [2.75, 3.05) is 0 Å². The normalized spacial score (nSPS) is 10.9. The molecule has 0 saturated heterocycles. The highest BCUT2D eigenvalue weighted by Gasteiger charge is 2.16. The molecule has 0 aliphatic rings. The standard InChI is InChI=1S/C17H10F2N6S2/c18-11-5-1-9(2-6-11)13-14(10-3-7-12(19)8-4-10)21-22-15(20-13)25-16(26)23-24-17(25)27/h1-8H,(H,23,26)(H,24,27). The second kappa shape index (κ2) is 6.89. The maximum Gasteiger partial charge on any atom is 0.258 e. The highest BCUT2D eigenvalue weighted by molar-refractivity contribution is 7.72. The van der Waals surface area contributed by atoms with Gasteiger partial charge in [0.05, 0.1) is 0 Å². The van der Waals surface area contributed by atoms with Crippen LogP contribution < -0.4 is 0 Å². The van der Waals surface area contributed by atoms with Gasteiger partial charge in [-0.25, -0.2) is 18.3 Å². The Balaban J connectivity index is 1.96. The predicted molar refractivity (Wildman–Crippen MR) is 100 cm³/mol. The molecule has 134 valence electrons. The Hall–Kier alpha value is -3.11. The van der Waals surface area contributed by atoms with E-state index in [9.17, 15) is 8.78 Å². The van der Waals surface area contributed by atoms with Crippen molar-refractivity contribution in [3.63, 3.8) is 0 Å². The average Bonchev–Trinajstić information content (AvgIpc) is 3.01. The SMILES string of the molecule is Fc1ccc(-c2nnc(-n3c(=S)[nH][nH]c3=S)nc2-c2ccc(F)cc2)cc1. The molecule has 6 nitrogen and oxygen atoms in total. The number of rotatable bonds is 3. The van der Waals surface area contributed by atoms with Gasteiger partial charge >= 0.3 is 0 Å². The molecule has 0 amide bonds. The fourth-order valence-corrected chi connectivity index (χ4v) is 3.02. The molecule has 0 unspecified atom stereocenters. The third-order valence-corrected chi connectivity index (χ3v) is 4.36. The summed E-state index contributed by atoms with van der Waals surface area (Å²) in [6, 6.07) is 11.6. The summed E-state index contributed by atoms with van der Waals surface area (Å²) in [6.45, 7) is 0. The van der Waals surface area contributed by atoms with Crippen LogP contribution in [0, 0.1) is 21.2 Å². The summed E-state index contributed by atoms with van der Waals surface area (Å²) < 4.78 is 28.6. The maximum atomic E-state index is 13.3. The van der Waals surface area contributed by atoms with Gasteiger partial charge in [-0.05, 0) is 73.0 Å². The molecule has 2 heterocycles. The third-order valence-electron chi connectivity index (χ3n) is 3.79. The molecule has 10 heteroatoms. The zero-order valence-corrected chi connectivity index (χ0v) is 15.1. The van der Waals surface area contributed by atoms with Crippen LogP contribution in [0.2, 0.25) is 0 Å². The Morgan fingerprint density at radius 2 is 1.19 bits per heavy atom. The summed E-state index contributed by atoms with van der Waals surface area (Å²) in [6.07, 6.45) is 0. The number of benzene rings is 2. The van der Waals surface area contributed by atoms with Crippen LogP contribution in [-0.2, 0) is 0 Å². The number of aromatic amines is 2. The number of aromatic nitrogens is 6. The highest BCUT2D eigenvalue weighted by atomic mass is 32.1. The van der Waals surface area contributed by atoms with Gasteiger partial charge in [-0.2, -0.15) is 0 Å². The zero-order valence-electron chi connectivity index (χ0n) is 13.5. The molecule has 0 spiro atoms. The van der Waals surface area contributed by atoms with Crippen molar-refractivity contribution in [2.24, 2.45) is 0 Å².